The molecule has 1 fully saturated rings. The maximum Gasteiger partial charge on any atom is 0.265 e. The number of hydrogen-bond acceptors (Lipinski definition) is 4. The zero-order valence-corrected chi connectivity index (χ0v) is 8.93. The van der Waals surface area contributed by atoms with Crippen LogP contribution in [0.15, 0.2) is 0 Å². The number of carbonyl (C=O) groups is 1. The average Bonchev–Trinajstić information content (AvgIpc) is 2.73. The van der Waals surface area contributed by atoms with Crippen LogP contribution in [0, 0.1) is 6.92 Å². The minimum absolute atomic E-state index is 0.0919. The lowest BCUT2D eigenvalue weighted by atomic mass is 10.3. The minimum Gasteiger partial charge on any atom is -0.375 e. The lowest BCUT2D eigenvalue weighted by molar-refractivity contribution is 0.0796. The largest absolute Gasteiger partial charge is 0.375 e. The number of hydrogen-bond donors (Lipinski definition) is 1. The van der Waals surface area contributed by atoms with Crippen molar-refractivity contribution in [2.45, 2.75) is 19.8 Å². The Balaban J connectivity index is 2.21. The highest BCUT2D eigenvalue weighted by Crippen LogP contribution is 2.23. The van der Waals surface area contributed by atoms with Crippen LogP contribution in [0.1, 0.15) is 28.2 Å². The van der Waals surface area contributed by atoms with E-state index in [1.807, 2.05) is 11.8 Å². The molecule has 1 aromatic rings. The van der Waals surface area contributed by atoms with Gasteiger partial charge >= 0.3 is 0 Å². The summed E-state index contributed by atoms with van der Waals surface area (Å²) in [6.07, 6.45) is 2.22. The molecule has 76 valence electrons. The standard InChI is InChI=1S/C9H13N3OS/c1-6-7(14-9(10)11-6)8(13)12-4-2-3-5-12/h2-5H2,1H3,(H2,10,11). The highest BCUT2D eigenvalue weighted by atomic mass is 32.1. The summed E-state index contributed by atoms with van der Waals surface area (Å²) in [7, 11) is 0. The molecule has 2 N–H and O–H groups in total. The summed E-state index contributed by atoms with van der Waals surface area (Å²) in [4.78, 5) is 18.5. The van der Waals surface area contributed by atoms with Crippen LogP contribution in [0.3, 0.4) is 0 Å². The van der Waals surface area contributed by atoms with Gasteiger partial charge in [-0.15, -0.1) is 0 Å². The van der Waals surface area contributed by atoms with E-state index in [-0.39, 0.29) is 5.91 Å². The fraction of sp³-hybridized carbons (Fsp3) is 0.556. The number of rotatable bonds is 1. The fourth-order valence-corrected chi connectivity index (χ4v) is 2.48. The topological polar surface area (TPSA) is 59.2 Å². The van der Waals surface area contributed by atoms with E-state index >= 15 is 0 Å². The van der Waals surface area contributed by atoms with Crippen molar-refractivity contribution in [3.8, 4) is 0 Å². The average molecular weight is 211 g/mol. The van der Waals surface area contributed by atoms with Crippen LogP contribution in [0.2, 0.25) is 0 Å². The second kappa shape index (κ2) is 3.57. The van der Waals surface area contributed by atoms with E-state index in [0.29, 0.717) is 10.0 Å². The monoisotopic (exact) mass is 211 g/mol. The van der Waals surface area contributed by atoms with E-state index in [2.05, 4.69) is 4.98 Å². The summed E-state index contributed by atoms with van der Waals surface area (Å²) in [6.45, 7) is 3.57. The van der Waals surface area contributed by atoms with Crippen molar-refractivity contribution in [2.24, 2.45) is 0 Å². The normalized spacial score (nSPS) is 16.2. The number of aryl methyl sites for hydroxylation is 1. The number of nitrogens with two attached hydrogens (primary N) is 1. The third-order valence-corrected chi connectivity index (χ3v) is 3.38. The Labute approximate surface area is 86.7 Å². The molecule has 0 radical (unpaired) electrons. The fourth-order valence-electron chi connectivity index (χ4n) is 1.68. The van der Waals surface area contributed by atoms with Gasteiger partial charge < -0.3 is 10.6 Å². The summed E-state index contributed by atoms with van der Waals surface area (Å²) >= 11 is 1.28. The van der Waals surface area contributed by atoms with Crippen molar-refractivity contribution in [3.63, 3.8) is 0 Å². The zero-order chi connectivity index (χ0) is 10.1. The van der Waals surface area contributed by atoms with Crippen LogP contribution in [0.25, 0.3) is 0 Å². The third-order valence-electron chi connectivity index (χ3n) is 2.40. The number of thiazole rings is 1. The van der Waals surface area contributed by atoms with Crippen molar-refractivity contribution in [1.82, 2.24) is 9.88 Å². The first-order valence-electron chi connectivity index (χ1n) is 4.70. The molecule has 0 spiro atoms. The molecule has 0 atom stereocenters. The van der Waals surface area contributed by atoms with E-state index in [0.717, 1.165) is 31.6 Å². The molecule has 5 heteroatoms. The Bertz CT molecular complexity index is 355. The first kappa shape index (κ1) is 9.45. The Hall–Kier alpha value is -1.10. The van der Waals surface area contributed by atoms with Gasteiger partial charge in [-0.3, -0.25) is 4.79 Å². The Kier molecular flexibility index (Phi) is 2.41. The summed E-state index contributed by atoms with van der Waals surface area (Å²) in [6, 6.07) is 0. The van der Waals surface area contributed by atoms with Crippen molar-refractivity contribution >= 4 is 22.4 Å². The van der Waals surface area contributed by atoms with Crippen LogP contribution in [-0.2, 0) is 0 Å². The van der Waals surface area contributed by atoms with E-state index in [9.17, 15) is 4.79 Å². The molecule has 1 amide bonds. The van der Waals surface area contributed by atoms with Crippen LogP contribution < -0.4 is 5.73 Å². The Morgan fingerprint density at radius 2 is 2.14 bits per heavy atom. The number of amides is 1. The van der Waals surface area contributed by atoms with Crippen LogP contribution >= 0.6 is 11.3 Å². The Morgan fingerprint density at radius 1 is 1.50 bits per heavy atom. The molecule has 4 nitrogen and oxygen atoms in total. The van der Waals surface area contributed by atoms with E-state index in [1.165, 1.54) is 11.3 Å². The van der Waals surface area contributed by atoms with Gasteiger partial charge in [0.15, 0.2) is 5.13 Å². The molecule has 0 aromatic carbocycles. The summed E-state index contributed by atoms with van der Waals surface area (Å²) in [5, 5.41) is 0.477. The van der Waals surface area contributed by atoms with Crippen LogP contribution in [0.5, 0.6) is 0 Å². The van der Waals surface area contributed by atoms with Gasteiger partial charge in [-0.1, -0.05) is 11.3 Å². The quantitative estimate of drug-likeness (QED) is 0.761. The summed E-state index contributed by atoms with van der Waals surface area (Å²) in [5.41, 5.74) is 6.31. The molecule has 1 saturated heterocycles. The van der Waals surface area contributed by atoms with Gasteiger partial charge in [-0.05, 0) is 19.8 Å². The molecular weight excluding hydrogens is 198 g/mol. The molecule has 1 aliphatic heterocycles. The first-order chi connectivity index (χ1) is 6.68. The van der Waals surface area contributed by atoms with Crippen molar-refractivity contribution in [3.05, 3.63) is 10.6 Å². The van der Waals surface area contributed by atoms with Gasteiger partial charge in [0.05, 0.1) is 5.69 Å². The first-order valence-corrected chi connectivity index (χ1v) is 5.52. The van der Waals surface area contributed by atoms with E-state index in [1.54, 1.807) is 0 Å². The maximum atomic E-state index is 11.9. The molecule has 14 heavy (non-hydrogen) atoms. The lowest BCUT2D eigenvalue weighted by Gasteiger charge is -2.13. The van der Waals surface area contributed by atoms with Crippen molar-refractivity contribution in [1.29, 1.82) is 0 Å². The van der Waals surface area contributed by atoms with E-state index < -0.39 is 0 Å². The van der Waals surface area contributed by atoms with Gasteiger partial charge in [-0.2, -0.15) is 0 Å². The van der Waals surface area contributed by atoms with Crippen molar-refractivity contribution in [2.75, 3.05) is 18.8 Å². The van der Waals surface area contributed by atoms with Gasteiger partial charge in [0.25, 0.3) is 5.91 Å². The number of carbonyl (C=O) groups excluding carboxylic acids is 1. The number of nitrogen functional groups attached to an aromatic ring is 1. The Morgan fingerprint density at radius 3 is 2.64 bits per heavy atom. The molecule has 0 aliphatic carbocycles. The molecule has 0 bridgehead atoms. The molecule has 0 unspecified atom stereocenters. The van der Waals surface area contributed by atoms with Gasteiger partial charge in [0, 0.05) is 13.1 Å². The molecule has 2 rings (SSSR count). The molecule has 0 saturated carbocycles. The van der Waals surface area contributed by atoms with Crippen molar-refractivity contribution < 1.29 is 4.79 Å². The van der Waals surface area contributed by atoms with Crippen LogP contribution in [-0.4, -0.2) is 28.9 Å². The SMILES string of the molecule is Cc1nc(N)sc1C(=O)N1CCCC1. The number of nitrogens with zero attached hydrogens (tertiary/aromatic N) is 2. The number of likely N-dealkylation sites (tertiary alicyclic amines) is 1. The predicted molar refractivity (Wildman–Crippen MR) is 56.4 cm³/mol. The van der Waals surface area contributed by atoms with E-state index in [4.69, 9.17) is 5.73 Å². The molecule has 1 aliphatic rings. The second-order valence-electron chi connectivity index (χ2n) is 3.47. The number of aromatic nitrogens is 1. The highest BCUT2D eigenvalue weighted by molar-refractivity contribution is 7.17. The van der Waals surface area contributed by atoms with Gasteiger partial charge in [-0.25, -0.2) is 4.98 Å². The predicted octanol–water partition coefficient (Wildman–Crippen LogP) is 1.27. The van der Waals surface area contributed by atoms with Crippen LogP contribution in [0.4, 0.5) is 5.13 Å². The summed E-state index contributed by atoms with van der Waals surface area (Å²) < 4.78 is 0. The third kappa shape index (κ3) is 1.59. The van der Waals surface area contributed by atoms with Gasteiger partial charge in [0.2, 0.25) is 0 Å². The van der Waals surface area contributed by atoms with Gasteiger partial charge in [0.1, 0.15) is 4.88 Å². The lowest BCUT2D eigenvalue weighted by Crippen LogP contribution is -2.27. The highest BCUT2D eigenvalue weighted by Gasteiger charge is 2.23. The zero-order valence-electron chi connectivity index (χ0n) is 8.12. The summed E-state index contributed by atoms with van der Waals surface area (Å²) in [5.74, 6) is 0.0919. The number of anilines is 1. The maximum absolute atomic E-state index is 11.9. The molecule has 2 heterocycles. The minimum atomic E-state index is 0.0919. The smallest absolute Gasteiger partial charge is 0.265 e. The second-order valence-corrected chi connectivity index (χ2v) is 4.50. The molecule has 1 aromatic heterocycles. The molecular formula is C9H13N3OS.